The van der Waals surface area contributed by atoms with Crippen LogP contribution < -0.4 is 5.32 Å². The zero-order valence-corrected chi connectivity index (χ0v) is 12.9. The highest BCUT2D eigenvalue weighted by Gasteiger charge is 2.05. The molecule has 0 fully saturated rings. The lowest BCUT2D eigenvalue weighted by molar-refractivity contribution is 0.465. The van der Waals surface area contributed by atoms with Crippen molar-refractivity contribution in [1.82, 2.24) is 4.98 Å². The number of aryl methyl sites for hydroxylation is 1. The van der Waals surface area contributed by atoms with Crippen molar-refractivity contribution in [3.05, 3.63) is 50.7 Å². The second-order valence-electron chi connectivity index (χ2n) is 3.93. The first-order valence-corrected chi connectivity index (χ1v) is 6.99. The molecule has 0 radical (unpaired) electrons. The number of pyridine rings is 1. The van der Waals surface area contributed by atoms with Crippen LogP contribution >= 0.6 is 31.9 Å². The van der Waals surface area contributed by atoms with Gasteiger partial charge in [-0.1, -0.05) is 12.1 Å². The minimum Gasteiger partial charge on any atom is -0.506 e. The smallest absolute Gasteiger partial charge is 0.134 e. The van der Waals surface area contributed by atoms with E-state index in [0.717, 1.165) is 21.4 Å². The third kappa shape index (κ3) is 3.03. The third-order valence-electron chi connectivity index (χ3n) is 2.57. The van der Waals surface area contributed by atoms with E-state index in [1.54, 1.807) is 6.20 Å². The molecule has 1 aromatic heterocycles. The van der Waals surface area contributed by atoms with Gasteiger partial charge in [0.1, 0.15) is 10.4 Å². The summed E-state index contributed by atoms with van der Waals surface area (Å²) in [4.78, 5) is 4.21. The first-order valence-electron chi connectivity index (χ1n) is 5.40. The fourth-order valence-corrected chi connectivity index (χ4v) is 2.18. The number of hydrogen-bond acceptors (Lipinski definition) is 3. The summed E-state index contributed by atoms with van der Waals surface area (Å²) in [5.74, 6) is 0.270. The van der Waals surface area contributed by atoms with E-state index in [9.17, 15) is 5.11 Å². The molecule has 94 valence electrons. The Morgan fingerprint density at radius 2 is 2.11 bits per heavy atom. The molecule has 1 aromatic carbocycles. The number of halogens is 2. The maximum atomic E-state index is 9.86. The first-order chi connectivity index (χ1) is 8.58. The molecule has 0 amide bonds. The Morgan fingerprint density at radius 3 is 2.83 bits per heavy atom. The third-order valence-corrected chi connectivity index (χ3v) is 4.04. The molecule has 0 atom stereocenters. The van der Waals surface area contributed by atoms with Crippen LogP contribution in [0.15, 0.2) is 39.5 Å². The molecule has 0 bridgehead atoms. The molecule has 0 aliphatic carbocycles. The van der Waals surface area contributed by atoms with Gasteiger partial charge in [-0.25, -0.2) is 4.98 Å². The van der Waals surface area contributed by atoms with Gasteiger partial charge < -0.3 is 10.4 Å². The summed E-state index contributed by atoms with van der Waals surface area (Å²) in [5, 5.41) is 13.1. The number of phenols is 1. The predicted molar refractivity (Wildman–Crippen MR) is 79.8 cm³/mol. The molecule has 3 nitrogen and oxygen atoms in total. The van der Waals surface area contributed by atoms with Gasteiger partial charge in [0, 0.05) is 12.1 Å². The second-order valence-corrected chi connectivity index (χ2v) is 5.54. The summed E-state index contributed by atoms with van der Waals surface area (Å²) in [6, 6.07) is 7.59. The van der Waals surface area contributed by atoms with E-state index in [2.05, 4.69) is 42.2 Å². The second kappa shape index (κ2) is 5.71. The fraction of sp³-hybridized carbons (Fsp3) is 0.154. The highest BCUT2D eigenvalue weighted by molar-refractivity contribution is 9.10. The average Bonchev–Trinajstić information content (AvgIpc) is 2.35. The maximum Gasteiger partial charge on any atom is 0.134 e. The van der Waals surface area contributed by atoms with Gasteiger partial charge in [-0.2, -0.15) is 0 Å². The van der Waals surface area contributed by atoms with Gasteiger partial charge in [-0.3, -0.25) is 0 Å². The molecule has 5 heteroatoms. The first kappa shape index (κ1) is 13.4. The van der Waals surface area contributed by atoms with E-state index in [-0.39, 0.29) is 5.75 Å². The van der Waals surface area contributed by atoms with Crippen LogP contribution in [0.3, 0.4) is 0 Å². The molecule has 2 aromatic rings. The topological polar surface area (TPSA) is 45.1 Å². The van der Waals surface area contributed by atoms with E-state index >= 15 is 0 Å². The molecule has 0 spiro atoms. The number of benzene rings is 1. The Morgan fingerprint density at radius 1 is 1.33 bits per heavy atom. The summed E-state index contributed by atoms with van der Waals surface area (Å²) in [7, 11) is 0. The standard InChI is InChI=1S/C13H12Br2N2O/c1-8-5-10(7-17-13(8)15)16-6-9-3-2-4-11(14)12(9)18/h2-5,7,16,18H,6H2,1H3. The molecule has 1 heterocycles. The minimum atomic E-state index is 0.270. The number of nitrogens with one attached hydrogen (secondary N) is 1. The quantitative estimate of drug-likeness (QED) is 0.793. The van der Waals surface area contributed by atoms with E-state index in [4.69, 9.17) is 0 Å². The van der Waals surface area contributed by atoms with Gasteiger partial charge in [0.05, 0.1) is 16.4 Å². The molecule has 2 rings (SSSR count). The molecule has 0 aliphatic heterocycles. The Kier molecular flexibility index (Phi) is 4.24. The van der Waals surface area contributed by atoms with Gasteiger partial charge in [0.25, 0.3) is 0 Å². The van der Waals surface area contributed by atoms with Crippen molar-refractivity contribution in [2.45, 2.75) is 13.5 Å². The summed E-state index contributed by atoms with van der Waals surface area (Å²) < 4.78 is 1.55. The van der Waals surface area contributed by atoms with Gasteiger partial charge >= 0.3 is 0 Å². The highest BCUT2D eigenvalue weighted by atomic mass is 79.9. The van der Waals surface area contributed by atoms with Crippen molar-refractivity contribution in [2.75, 3.05) is 5.32 Å². The molecule has 2 N–H and O–H groups in total. The van der Waals surface area contributed by atoms with Gasteiger partial charge in [-0.05, 0) is 56.5 Å². The van der Waals surface area contributed by atoms with Crippen LogP contribution in [0.1, 0.15) is 11.1 Å². The van der Waals surface area contributed by atoms with Crippen LogP contribution in [0.2, 0.25) is 0 Å². The Bertz CT molecular complexity index is 573. The van der Waals surface area contributed by atoms with E-state index in [1.807, 2.05) is 31.2 Å². The molecule has 0 aliphatic rings. The molecule has 0 saturated carbocycles. The van der Waals surface area contributed by atoms with Crippen LogP contribution in [-0.2, 0) is 6.54 Å². The van der Waals surface area contributed by atoms with Crippen molar-refractivity contribution >= 4 is 37.5 Å². The van der Waals surface area contributed by atoms with Crippen molar-refractivity contribution in [2.24, 2.45) is 0 Å². The van der Waals surface area contributed by atoms with Crippen LogP contribution in [-0.4, -0.2) is 10.1 Å². The maximum absolute atomic E-state index is 9.86. The Hall–Kier alpha value is -1.07. The Balaban J connectivity index is 2.11. The van der Waals surface area contributed by atoms with Crippen LogP contribution in [0.5, 0.6) is 5.75 Å². The lowest BCUT2D eigenvalue weighted by atomic mass is 10.2. The van der Waals surface area contributed by atoms with Gasteiger partial charge in [0.15, 0.2) is 0 Å². The lowest BCUT2D eigenvalue weighted by Crippen LogP contribution is -2.01. The number of hydrogen-bond donors (Lipinski definition) is 2. The van der Waals surface area contributed by atoms with E-state index < -0.39 is 0 Å². The summed E-state index contributed by atoms with van der Waals surface area (Å²) in [5.41, 5.74) is 2.83. The van der Waals surface area contributed by atoms with Crippen molar-refractivity contribution in [1.29, 1.82) is 0 Å². The number of phenolic OH excluding ortho intramolecular Hbond substituents is 1. The lowest BCUT2D eigenvalue weighted by Gasteiger charge is -2.09. The molecule has 0 unspecified atom stereocenters. The Labute approximate surface area is 123 Å². The van der Waals surface area contributed by atoms with Crippen molar-refractivity contribution in [3.63, 3.8) is 0 Å². The summed E-state index contributed by atoms with van der Waals surface area (Å²) in [6.07, 6.45) is 1.76. The van der Waals surface area contributed by atoms with E-state index in [0.29, 0.717) is 11.0 Å². The predicted octanol–water partition coefficient (Wildman–Crippen LogP) is 4.23. The number of anilines is 1. The average molecular weight is 372 g/mol. The number of rotatable bonds is 3. The monoisotopic (exact) mass is 370 g/mol. The highest BCUT2D eigenvalue weighted by Crippen LogP contribution is 2.28. The number of nitrogens with zero attached hydrogens (tertiary/aromatic N) is 1. The van der Waals surface area contributed by atoms with Gasteiger partial charge in [0.2, 0.25) is 0 Å². The van der Waals surface area contributed by atoms with E-state index in [1.165, 1.54) is 0 Å². The van der Waals surface area contributed by atoms with Crippen LogP contribution in [0.25, 0.3) is 0 Å². The largest absolute Gasteiger partial charge is 0.506 e. The molecule has 0 saturated heterocycles. The molecular weight excluding hydrogens is 360 g/mol. The SMILES string of the molecule is Cc1cc(NCc2cccc(Br)c2O)cnc1Br. The summed E-state index contributed by atoms with van der Waals surface area (Å²) in [6.45, 7) is 2.53. The normalized spacial score (nSPS) is 10.4. The number of aromatic hydroxyl groups is 1. The fourth-order valence-electron chi connectivity index (χ4n) is 1.55. The minimum absolute atomic E-state index is 0.270. The van der Waals surface area contributed by atoms with Crippen LogP contribution in [0, 0.1) is 6.92 Å². The van der Waals surface area contributed by atoms with Crippen LogP contribution in [0.4, 0.5) is 5.69 Å². The van der Waals surface area contributed by atoms with Crippen molar-refractivity contribution < 1.29 is 5.11 Å². The summed E-state index contributed by atoms with van der Waals surface area (Å²) >= 11 is 6.66. The van der Waals surface area contributed by atoms with Gasteiger partial charge in [-0.15, -0.1) is 0 Å². The zero-order valence-electron chi connectivity index (χ0n) is 9.74. The molecular formula is C13H12Br2N2O. The molecule has 18 heavy (non-hydrogen) atoms. The zero-order chi connectivity index (χ0) is 13.1. The number of para-hydroxylation sites is 1. The van der Waals surface area contributed by atoms with Crippen molar-refractivity contribution in [3.8, 4) is 5.75 Å². The number of aromatic nitrogens is 1.